The fraction of sp³-hybridized carbons (Fsp3) is 0.769. The number of nitrogens with zero attached hydrogens (tertiary/aromatic N) is 3. The quantitative estimate of drug-likeness (QED) is 0.886. The van der Waals surface area contributed by atoms with E-state index in [0.29, 0.717) is 5.89 Å². The highest BCUT2D eigenvalue weighted by Crippen LogP contribution is 2.51. The lowest BCUT2D eigenvalue weighted by atomic mass is 9.72. The van der Waals surface area contributed by atoms with Crippen LogP contribution in [0.5, 0.6) is 0 Å². The van der Waals surface area contributed by atoms with Crippen LogP contribution in [0.2, 0.25) is 0 Å². The molecule has 6 heteroatoms. The maximum atomic E-state index is 12.5. The largest absolute Gasteiger partial charge is 0.417 e. The molecule has 104 valence electrons. The van der Waals surface area contributed by atoms with Gasteiger partial charge in [0.05, 0.1) is 6.61 Å². The zero-order valence-electron chi connectivity index (χ0n) is 11.3. The van der Waals surface area contributed by atoms with Crippen molar-refractivity contribution in [2.24, 2.45) is 5.41 Å². The molecule has 0 spiro atoms. The number of aliphatic hydroxyl groups is 1. The topological polar surface area (TPSA) is 79.5 Å². The van der Waals surface area contributed by atoms with Gasteiger partial charge in [0.15, 0.2) is 0 Å². The Morgan fingerprint density at radius 3 is 2.84 bits per heavy atom. The van der Waals surface area contributed by atoms with Gasteiger partial charge in [-0.1, -0.05) is 6.92 Å². The van der Waals surface area contributed by atoms with Crippen LogP contribution in [0.4, 0.5) is 0 Å². The fourth-order valence-corrected chi connectivity index (χ4v) is 3.75. The molecule has 0 aliphatic carbocycles. The molecule has 1 aromatic heterocycles. The van der Waals surface area contributed by atoms with Gasteiger partial charge in [0.1, 0.15) is 0 Å². The molecule has 0 aromatic carbocycles. The van der Waals surface area contributed by atoms with Gasteiger partial charge in [0.2, 0.25) is 5.89 Å². The van der Waals surface area contributed by atoms with Crippen LogP contribution in [0.1, 0.15) is 49.2 Å². The summed E-state index contributed by atoms with van der Waals surface area (Å²) in [6.07, 6.45) is 3.73. The van der Waals surface area contributed by atoms with Gasteiger partial charge in [-0.25, -0.2) is 0 Å². The minimum atomic E-state index is -0.183. The molecule has 1 N–H and O–H groups in total. The van der Waals surface area contributed by atoms with Crippen molar-refractivity contribution in [3.05, 3.63) is 11.8 Å². The molecule has 2 aliphatic rings. The first-order valence-corrected chi connectivity index (χ1v) is 6.85. The molecule has 3 rings (SSSR count). The Bertz CT molecular complexity index is 495. The number of carbonyl (C=O) groups is 1. The minimum Gasteiger partial charge on any atom is -0.417 e. The van der Waals surface area contributed by atoms with Gasteiger partial charge in [-0.15, -0.1) is 10.2 Å². The first kappa shape index (κ1) is 12.6. The maximum Gasteiger partial charge on any atom is 0.311 e. The van der Waals surface area contributed by atoms with Crippen LogP contribution >= 0.6 is 0 Å². The zero-order chi connectivity index (χ0) is 13.6. The van der Waals surface area contributed by atoms with E-state index in [-0.39, 0.29) is 35.9 Å². The van der Waals surface area contributed by atoms with Crippen LogP contribution in [0.25, 0.3) is 0 Å². The number of amides is 1. The first-order chi connectivity index (χ1) is 9.11. The second kappa shape index (κ2) is 4.30. The van der Waals surface area contributed by atoms with Crippen molar-refractivity contribution in [3.8, 4) is 0 Å². The summed E-state index contributed by atoms with van der Waals surface area (Å²) in [7, 11) is 0. The van der Waals surface area contributed by atoms with Gasteiger partial charge < -0.3 is 14.4 Å². The number of hydrogen-bond donors (Lipinski definition) is 1. The van der Waals surface area contributed by atoms with Crippen molar-refractivity contribution >= 4 is 5.91 Å². The van der Waals surface area contributed by atoms with Gasteiger partial charge >= 0.3 is 11.8 Å². The molecule has 2 fully saturated rings. The Morgan fingerprint density at radius 2 is 2.32 bits per heavy atom. The number of aryl methyl sites for hydroxylation is 1. The normalized spacial score (nSPS) is 33.1. The second-order valence-electron chi connectivity index (χ2n) is 5.66. The average Bonchev–Trinajstić information content (AvgIpc) is 3.10. The molecule has 3 atom stereocenters. The third kappa shape index (κ3) is 1.69. The molecule has 2 bridgehead atoms. The predicted octanol–water partition coefficient (Wildman–Crippen LogP) is 1.14. The highest BCUT2D eigenvalue weighted by molar-refractivity contribution is 5.90. The summed E-state index contributed by atoms with van der Waals surface area (Å²) in [6, 6.07) is 0.309. The van der Waals surface area contributed by atoms with Crippen molar-refractivity contribution in [2.45, 2.75) is 51.6 Å². The van der Waals surface area contributed by atoms with Crippen LogP contribution in [0, 0.1) is 12.3 Å². The van der Waals surface area contributed by atoms with Crippen molar-refractivity contribution in [1.29, 1.82) is 0 Å². The summed E-state index contributed by atoms with van der Waals surface area (Å²) < 4.78 is 5.24. The van der Waals surface area contributed by atoms with Crippen LogP contribution < -0.4 is 0 Å². The summed E-state index contributed by atoms with van der Waals surface area (Å²) in [4.78, 5) is 14.4. The molecule has 1 amide bonds. The monoisotopic (exact) mass is 265 g/mol. The highest BCUT2D eigenvalue weighted by Gasteiger charge is 2.56. The lowest BCUT2D eigenvalue weighted by Crippen LogP contribution is -2.42. The third-order valence-corrected chi connectivity index (χ3v) is 4.81. The van der Waals surface area contributed by atoms with Crippen LogP contribution in [0.15, 0.2) is 4.42 Å². The first-order valence-electron chi connectivity index (χ1n) is 6.85. The van der Waals surface area contributed by atoms with E-state index in [4.69, 9.17) is 4.42 Å². The Morgan fingerprint density at radius 1 is 1.53 bits per heavy atom. The van der Waals surface area contributed by atoms with E-state index in [2.05, 4.69) is 17.1 Å². The van der Waals surface area contributed by atoms with E-state index in [9.17, 15) is 9.90 Å². The van der Waals surface area contributed by atoms with E-state index in [1.54, 1.807) is 6.92 Å². The molecule has 19 heavy (non-hydrogen) atoms. The van der Waals surface area contributed by atoms with Gasteiger partial charge in [-0.2, -0.15) is 0 Å². The van der Waals surface area contributed by atoms with Crippen LogP contribution in [-0.4, -0.2) is 44.8 Å². The molecule has 2 aliphatic heterocycles. The Hall–Kier alpha value is -1.43. The molecular formula is C13H19N3O3. The van der Waals surface area contributed by atoms with Crippen molar-refractivity contribution in [1.82, 2.24) is 15.1 Å². The minimum absolute atomic E-state index is 0.0687. The number of aliphatic hydroxyl groups excluding tert-OH is 1. The Kier molecular flexibility index (Phi) is 2.85. The van der Waals surface area contributed by atoms with Crippen LogP contribution in [0.3, 0.4) is 0 Å². The summed E-state index contributed by atoms with van der Waals surface area (Å²) in [6.45, 7) is 3.89. The van der Waals surface area contributed by atoms with E-state index in [0.717, 1.165) is 25.7 Å². The Labute approximate surface area is 111 Å². The molecule has 1 aromatic rings. The Balaban J connectivity index is 1.89. The van der Waals surface area contributed by atoms with E-state index >= 15 is 0 Å². The van der Waals surface area contributed by atoms with Crippen molar-refractivity contribution in [2.75, 3.05) is 6.61 Å². The molecule has 0 radical (unpaired) electrons. The van der Waals surface area contributed by atoms with Gasteiger partial charge in [-0.3, -0.25) is 4.79 Å². The van der Waals surface area contributed by atoms with E-state index in [1.807, 2.05) is 4.90 Å². The summed E-state index contributed by atoms with van der Waals surface area (Å²) in [5.41, 5.74) is -0.145. The summed E-state index contributed by atoms with van der Waals surface area (Å²) in [5.74, 6) is 0.287. The number of fused-ring (bicyclic) bond motifs is 2. The SMILES string of the molecule is CC[C@]1(CO)C[C@H]2CC[C@@H]1N2C(=O)c1nnc(C)o1. The van der Waals surface area contributed by atoms with E-state index < -0.39 is 0 Å². The lowest BCUT2D eigenvalue weighted by Gasteiger charge is -2.34. The number of hydrogen-bond acceptors (Lipinski definition) is 5. The molecular weight excluding hydrogens is 246 g/mol. The fourth-order valence-electron chi connectivity index (χ4n) is 3.75. The molecule has 0 unspecified atom stereocenters. The van der Waals surface area contributed by atoms with Gasteiger partial charge in [-0.05, 0) is 25.7 Å². The number of rotatable bonds is 3. The molecule has 0 saturated carbocycles. The average molecular weight is 265 g/mol. The van der Waals surface area contributed by atoms with Crippen molar-refractivity contribution in [3.63, 3.8) is 0 Å². The third-order valence-electron chi connectivity index (χ3n) is 4.81. The second-order valence-corrected chi connectivity index (χ2v) is 5.66. The summed E-state index contributed by atoms with van der Waals surface area (Å²) in [5, 5.41) is 17.3. The molecule has 6 nitrogen and oxygen atoms in total. The summed E-state index contributed by atoms with van der Waals surface area (Å²) >= 11 is 0. The predicted molar refractivity (Wildman–Crippen MR) is 66.4 cm³/mol. The smallest absolute Gasteiger partial charge is 0.311 e. The lowest BCUT2D eigenvalue weighted by molar-refractivity contribution is 0.0526. The molecule has 2 saturated heterocycles. The van der Waals surface area contributed by atoms with E-state index in [1.165, 1.54) is 0 Å². The maximum absolute atomic E-state index is 12.5. The number of carbonyl (C=O) groups excluding carboxylic acids is 1. The number of aromatic nitrogens is 2. The van der Waals surface area contributed by atoms with Crippen LogP contribution in [-0.2, 0) is 0 Å². The van der Waals surface area contributed by atoms with Crippen molar-refractivity contribution < 1.29 is 14.3 Å². The molecule has 3 heterocycles. The van der Waals surface area contributed by atoms with Gasteiger partial charge in [0, 0.05) is 24.4 Å². The van der Waals surface area contributed by atoms with Gasteiger partial charge in [0.25, 0.3) is 0 Å². The highest BCUT2D eigenvalue weighted by atomic mass is 16.4. The zero-order valence-corrected chi connectivity index (χ0v) is 11.3. The standard InChI is InChI=1S/C13H19N3O3/c1-3-13(7-17)6-9-4-5-10(13)16(9)12(18)11-15-14-8(2)19-11/h9-10,17H,3-7H2,1-2H3/t9-,10+,13-/m1/s1.